The highest BCUT2D eigenvalue weighted by Crippen LogP contribution is 2.22. The highest BCUT2D eigenvalue weighted by Gasteiger charge is 2.12. The van der Waals surface area contributed by atoms with E-state index in [1.165, 1.54) is 0 Å². The first kappa shape index (κ1) is 17.5. The second-order valence-corrected chi connectivity index (χ2v) is 5.90. The first-order chi connectivity index (χ1) is 12.6. The molecule has 134 valence electrons. The first-order valence-electron chi connectivity index (χ1n) is 8.35. The van der Waals surface area contributed by atoms with Crippen molar-refractivity contribution in [3.63, 3.8) is 0 Å². The van der Waals surface area contributed by atoms with E-state index in [4.69, 9.17) is 9.15 Å². The summed E-state index contributed by atoms with van der Waals surface area (Å²) in [6, 6.07) is 12.5. The maximum atomic E-state index is 12.1. The predicted molar refractivity (Wildman–Crippen MR) is 97.9 cm³/mol. The quantitative estimate of drug-likeness (QED) is 0.691. The van der Waals surface area contributed by atoms with Gasteiger partial charge >= 0.3 is 0 Å². The van der Waals surface area contributed by atoms with Crippen molar-refractivity contribution >= 4 is 22.8 Å². The summed E-state index contributed by atoms with van der Waals surface area (Å²) in [5.41, 5.74) is 7.86. The van der Waals surface area contributed by atoms with E-state index in [0.29, 0.717) is 17.9 Å². The second-order valence-electron chi connectivity index (χ2n) is 5.90. The molecule has 0 aliphatic heterocycles. The van der Waals surface area contributed by atoms with Crippen LogP contribution in [0.15, 0.2) is 53.1 Å². The zero-order valence-corrected chi connectivity index (χ0v) is 14.7. The molecule has 0 unspecified atom stereocenters. The molecule has 0 aliphatic rings. The van der Waals surface area contributed by atoms with Crippen molar-refractivity contribution in [2.45, 2.75) is 20.3 Å². The average Bonchev–Trinajstić information content (AvgIpc) is 3.02. The van der Waals surface area contributed by atoms with Crippen molar-refractivity contribution in [2.75, 3.05) is 6.61 Å². The maximum Gasteiger partial charge on any atom is 0.269 e. The molecule has 2 N–H and O–H groups in total. The van der Waals surface area contributed by atoms with E-state index >= 15 is 0 Å². The van der Waals surface area contributed by atoms with Crippen molar-refractivity contribution in [1.82, 2.24) is 10.9 Å². The molecule has 2 amide bonds. The lowest BCUT2D eigenvalue weighted by Gasteiger charge is -2.08. The van der Waals surface area contributed by atoms with E-state index in [9.17, 15) is 9.59 Å². The molecule has 0 aliphatic carbocycles. The minimum Gasteiger partial charge on any atom is -0.494 e. The molecular weight excluding hydrogens is 332 g/mol. The lowest BCUT2D eigenvalue weighted by Crippen LogP contribution is -2.42. The third-order valence-electron chi connectivity index (χ3n) is 3.91. The van der Waals surface area contributed by atoms with E-state index < -0.39 is 5.91 Å². The van der Waals surface area contributed by atoms with E-state index in [1.807, 2.05) is 32.0 Å². The molecule has 6 nitrogen and oxygen atoms in total. The van der Waals surface area contributed by atoms with Gasteiger partial charge in [0.2, 0.25) is 5.91 Å². The van der Waals surface area contributed by atoms with Crippen molar-refractivity contribution in [3.05, 3.63) is 65.4 Å². The lowest BCUT2D eigenvalue weighted by molar-refractivity contribution is -0.121. The summed E-state index contributed by atoms with van der Waals surface area (Å²) in [6.07, 6.45) is 1.68. The topological polar surface area (TPSA) is 80.6 Å². The SMILES string of the molecule is CCOc1ccc(C(=O)NNC(=O)Cc2coc3cc(C)ccc23)cc1. The highest BCUT2D eigenvalue weighted by atomic mass is 16.5. The largest absolute Gasteiger partial charge is 0.494 e. The van der Waals surface area contributed by atoms with Crippen LogP contribution < -0.4 is 15.6 Å². The number of nitrogens with one attached hydrogen (secondary N) is 2. The Bertz CT molecular complexity index is 929. The van der Waals surface area contributed by atoms with E-state index in [1.54, 1.807) is 30.5 Å². The Labute approximate surface area is 151 Å². The Morgan fingerprint density at radius 2 is 1.85 bits per heavy atom. The monoisotopic (exact) mass is 352 g/mol. The number of amides is 2. The summed E-state index contributed by atoms with van der Waals surface area (Å²) in [4.78, 5) is 24.2. The van der Waals surface area contributed by atoms with Crippen LogP contribution in [0.1, 0.15) is 28.4 Å². The second kappa shape index (κ2) is 7.74. The van der Waals surface area contributed by atoms with Gasteiger partial charge < -0.3 is 9.15 Å². The fourth-order valence-corrected chi connectivity index (χ4v) is 2.61. The average molecular weight is 352 g/mol. The van der Waals surface area contributed by atoms with Crippen LogP contribution in [0.25, 0.3) is 11.0 Å². The molecule has 0 atom stereocenters. The first-order valence-corrected chi connectivity index (χ1v) is 8.35. The van der Waals surface area contributed by atoms with Gasteiger partial charge in [0.05, 0.1) is 19.3 Å². The summed E-state index contributed by atoms with van der Waals surface area (Å²) in [5.74, 6) is -0.0307. The van der Waals surface area contributed by atoms with Crippen LogP contribution in [0, 0.1) is 6.92 Å². The van der Waals surface area contributed by atoms with Crippen molar-refractivity contribution in [3.8, 4) is 5.75 Å². The standard InChI is InChI=1S/C20H20N2O4/c1-3-25-16-7-5-14(6-8-16)20(24)22-21-19(23)11-15-12-26-18-10-13(2)4-9-17(15)18/h4-10,12H,3,11H2,1-2H3,(H,21,23)(H,22,24). The van der Waals surface area contributed by atoms with Gasteiger partial charge in [-0.25, -0.2) is 0 Å². The molecule has 6 heteroatoms. The molecule has 1 aromatic heterocycles. The van der Waals surface area contributed by atoms with Crippen molar-refractivity contribution in [1.29, 1.82) is 0 Å². The number of hydrogen-bond donors (Lipinski definition) is 2. The molecule has 26 heavy (non-hydrogen) atoms. The van der Waals surface area contributed by atoms with Gasteiger partial charge in [0.1, 0.15) is 11.3 Å². The Balaban J connectivity index is 1.57. The van der Waals surface area contributed by atoms with Crippen LogP contribution in [0.2, 0.25) is 0 Å². The summed E-state index contributed by atoms with van der Waals surface area (Å²) >= 11 is 0. The molecule has 0 bridgehead atoms. The molecule has 0 radical (unpaired) electrons. The smallest absolute Gasteiger partial charge is 0.269 e. The van der Waals surface area contributed by atoms with Crippen LogP contribution in [0.5, 0.6) is 5.75 Å². The fraction of sp³-hybridized carbons (Fsp3) is 0.200. The number of fused-ring (bicyclic) bond motifs is 1. The van der Waals surface area contributed by atoms with Gasteiger partial charge in [0.15, 0.2) is 0 Å². The van der Waals surface area contributed by atoms with Gasteiger partial charge in [0.25, 0.3) is 5.91 Å². The van der Waals surface area contributed by atoms with Crippen LogP contribution in [-0.2, 0) is 11.2 Å². The Morgan fingerprint density at radius 3 is 2.58 bits per heavy atom. The lowest BCUT2D eigenvalue weighted by atomic mass is 10.1. The molecule has 0 fully saturated rings. The number of furan rings is 1. The van der Waals surface area contributed by atoms with Crippen molar-refractivity contribution in [2.24, 2.45) is 0 Å². The number of carbonyl (C=O) groups is 2. The van der Waals surface area contributed by atoms with Gasteiger partial charge in [-0.2, -0.15) is 0 Å². The molecular formula is C20H20N2O4. The number of carbonyl (C=O) groups excluding carboxylic acids is 2. The molecule has 0 saturated carbocycles. The van der Waals surface area contributed by atoms with Crippen LogP contribution in [0.3, 0.4) is 0 Å². The number of hydrazine groups is 1. The number of hydrogen-bond acceptors (Lipinski definition) is 4. The van der Waals surface area contributed by atoms with Gasteiger partial charge in [-0.05, 0) is 49.7 Å². The Hall–Kier alpha value is -3.28. The molecule has 3 rings (SSSR count). The third kappa shape index (κ3) is 4.03. The molecule has 0 saturated heterocycles. The normalized spacial score (nSPS) is 10.5. The van der Waals surface area contributed by atoms with Gasteiger partial charge in [0, 0.05) is 16.5 Å². The van der Waals surface area contributed by atoms with E-state index in [-0.39, 0.29) is 12.3 Å². The third-order valence-corrected chi connectivity index (χ3v) is 3.91. The molecule has 1 heterocycles. The van der Waals surface area contributed by atoms with E-state index in [2.05, 4.69) is 10.9 Å². The maximum absolute atomic E-state index is 12.1. The van der Waals surface area contributed by atoms with Gasteiger partial charge in [-0.3, -0.25) is 20.4 Å². The number of aryl methyl sites for hydroxylation is 1. The zero-order valence-electron chi connectivity index (χ0n) is 14.7. The summed E-state index contributed by atoms with van der Waals surface area (Å²) in [5, 5.41) is 0.892. The van der Waals surface area contributed by atoms with E-state index in [0.717, 1.165) is 22.1 Å². The summed E-state index contributed by atoms with van der Waals surface area (Å²) in [7, 11) is 0. The van der Waals surface area contributed by atoms with Crippen LogP contribution >= 0.6 is 0 Å². The minimum absolute atomic E-state index is 0.111. The highest BCUT2D eigenvalue weighted by molar-refractivity contribution is 5.96. The predicted octanol–water partition coefficient (Wildman–Crippen LogP) is 3.14. The van der Waals surface area contributed by atoms with Crippen LogP contribution in [0.4, 0.5) is 0 Å². The molecule has 2 aromatic carbocycles. The number of benzene rings is 2. The minimum atomic E-state index is -0.394. The fourth-order valence-electron chi connectivity index (χ4n) is 2.61. The van der Waals surface area contributed by atoms with Crippen LogP contribution in [-0.4, -0.2) is 18.4 Å². The Morgan fingerprint density at radius 1 is 1.08 bits per heavy atom. The van der Waals surface area contributed by atoms with Crippen molar-refractivity contribution < 1.29 is 18.7 Å². The van der Waals surface area contributed by atoms with Gasteiger partial charge in [-0.1, -0.05) is 12.1 Å². The number of ether oxygens (including phenoxy) is 1. The zero-order chi connectivity index (χ0) is 18.5. The summed E-state index contributed by atoms with van der Waals surface area (Å²) < 4.78 is 10.8. The molecule has 3 aromatic rings. The van der Waals surface area contributed by atoms with Gasteiger partial charge in [-0.15, -0.1) is 0 Å². The Kier molecular flexibility index (Phi) is 5.22. The summed E-state index contributed by atoms with van der Waals surface area (Å²) in [6.45, 7) is 4.43. The number of rotatable bonds is 5. The molecule has 0 spiro atoms.